The van der Waals surface area contributed by atoms with Crippen molar-refractivity contribution in [2.24, 2.45) is 0 Å². The molecule has 3 atom stereocenters. The molecule has 0 spiro atoms. The van der Waals surface area contributed by atoms with Crippen LogP contribution in [-0.4, -0.2) is 60.5 Å². The van der Waals surface area contributed by atoms with Crippen LogP contribution in [0.4, 0.5) is 10.5 Å². The van der Waals surface area contributed by atoms with Gasteiger partial charge in [-0.1, -0.05) is 36.4 Å². The summed E-state index contributed by atoms with van der Waals surface area (Å²) in [5, 5.41) is 12.0. The van der Waals surface area contributed by atoms with Gasteiger partial charge in [-0.15, -0.1) is 0 Å². The van der Waals surface area contributed by atoms with Crippen LogP contribution in [-0.2, 0) is 38.1 Å². The van der Waals surface area contributed by atoms with Gasteiger partial charge in [0.2, 0.25) is 6.10 Å². The van der Waals surface area contributed by atoms with E-state index in [-0.39, 0.29) is 11.3 Å². The van der Waals surface area contributed by atoms with E-state index in [9.17, 15) is 29.1 Å². The number of nitrogens with one attached hydrogen (secondary N) is 1. The minimum Gasteiger partial charge on any atom is -0.478 e. The van der Waals surface area contributed by atoms with E-state index in [1.165, 1.54) is 12.1 Å². The Morgan fingerprint density at radius 3 is 2.14 bits per heavy atom. The van der Waals surface area contributed by atoms with Gasteiger partial charge in [-0.3, -0.25) is 14.9 Å². The molecule has 194 valence electrons. The molecule has 1 aliphatic rings. The number of methoxy groups -OCH3 is 1. The quantitative estimate of drug-likeness (QED) is 0.413. The molecule has 0 aliphatic carbocycles. The van der Waals surface area contributed by atoms with Gasteiger partial charge in [-0.05, 0) is 17.7 Å². The molecule has 3 rings (SSSR count). The van der Waals surface area contributed by atoms with E-state index < -0.39 is 54.2 Å². The molecule has 0 bridgehead atoms. The lowest BCUT2D eigenvalue weighted by molar-refractivity contribution is -0.190. The number of carbonyl (C=O) groups is 5. The summed E-state index contributed by atoms with van der Waals surface area (Å²) in [6.45, 7) is 2.18. The van der Waals surface area contributed by atoms with Gasteiger partial charge in [0, 0.05) is 25.5 Å². The van der Waals surface area contributed by atoms with Crippen molar-refractivity contribution in [3.63, 3.8) is 0 Å². The Balaban J connectivity index is 1.88. The first-order chi connectivity index (χ1) is 17.6. The highest BCUT2D eigenvalue weighted by Crippen LogP contribution is 2.31. The number of carboxylic acid groups (broad SMARTS) is 1. The van der Waals surface area contributed by atoms with E-state index in [1.807, 2.05) is 0 Å². The highest BCUT2D eigenvalue weighted by Gasteiger charge is 2.45. The van der Waals surface area contributed by atoms with Crippen LogP contribution in [0, 0.1) is 0 Å². The van der Waals surface area contributed by atoms with E-state index in [0.29, 0.717) is 11.1 Å². The molecule has 0 radical (unpaired) electrons. The molecule has 12 nitrogen and oxygen atoms in total. The predicted molar refractivity (Wildman–Crippen MR) is 125 cm³/mol. The Morgan fingerprint density at radius 1 is 0.892 bits per heavy atom. The smallest absolute Gasteiger partial charge is 0.419 e. The Labute approximate surface area is 210 Å². The van der Waals surface area contributed by atoms with Crippen molar-refractivity contribution >= 4 is 35.7 Å². The van der Waals surface area contributed by atoms with E-state index in [1.54, 1.807) is 36.4 Å². The minimum absolute atomic E-state index is 0.0186. The van der Waals surface area contributed by atoms with Gasteiger partial charge < -0.3 is 28.8 Å². The zero-order chi connectivity index (χ0) is 27.1. The summed E-state index contributed by atoms with van der Waals surface area (Å²) in [6, 6.07) is 12.7. The number of esters is 3. The van der Waals surface area contributed by atoms with Gasteiger partial charge in [-0.2, -0.15) is 0 Å². The van der Waals surface area contributed by atoms with Crippen molar-refractivity contribution in [2.75, 3.05) is 12.4 Å². The third-order valence-corrected chi connectivity index (χ3v) is 5.01. The molecular weight excluding hydrogens is 490 g/mol. The normalized spacial score (nSPS) is 18.4. The monoisotopic (exact) mass is 513 g/mol. The number of carboxylic acids is 1. The van der Waals surface area contributed by atoms with Gasteiger partial charge in [0.25, 0.3) is 5.95 Å². The van der Waals surface area contributed by atoms with Gasteiger partial charge >= 0.3 is 30.0 Å². The Bertz CT molecular complexity index is 1250. The number of ether oxygens (including phenoxy) is 5. The molecule has 37 heavy (non-hydrogen) atoms. The molecule has 3 unspecified atom stereocenters. The molecule has 12 heteroatoms. The summed E-state index contributed by atoms with van der Waals surface area (Å²) in [6.07, 6.45) is -4.36. The van der Waals surface area contributed by atoms with Gasteiger partial charge in [0.05, 0.1) is 18.4 Å². The van der Waals surface area contributed by atoms with Crippen molar-refractivity contribution < 1.29 is 52.8 Å². The first kappa shape index (κ1) is 26.7. The molecule has 0 saturated carbocycles. The number of hydrogen-bond donors (Lipinski definition) is 2. The molecule has 2 N–H and O–H groups in total. The highest BCUT2D eigenvalue weighted by atomic mass is 16.7. The minimum atomic E-state index is -1.61. The number of para-hydroxylation sites is 1. The van der Waals surface area contributed by atoms with E-state index in [2.05, 4.69) is 10.1 Å². The molecule has 0 fully saturated rings. The molecule has 1 heterocycles. The Morgan fingerprint density at radius 2 is 1.51 bits per heavy atom. The van der Waals surface area contributed by atoms with Gasteiger partial charge in [0.15, 0.2) is 12.2 Å². The first-order valence-electron chi connectivity index (χ1n) is 10.8. The second-order valence-corrected chi connectivity index (χ2v) is 7.61. The van der Waals surface area contributed by atoms with Gasteiger partial charge in [-0.25, -0.2) is 14.4 Å². The van der Waals surface area contributed by atoms with E-state index in [4.69, 9.17) is 18.9 Å². The first-order valence-corrected chi connectivity index (χ1v) is 10.8. The second-order valence-electron chi connectivity index (χ2n) is 7.61. The van der Waals surface area contributed by atoms with Crippen LogP contribution >= 0.6 is 0 Å². The fourth-order valence-corrected chi connectivity index (χ4v) is 3.56. The largest absolute Gasteiger partial charge is 0.478 e. The summed E-state index contributed by atoms with van der Waals surface area (Å²) in [4.78, 5) is 59.8. The fourth-order valence-electron chi connectivity index (χ4n) is 3.56. The van der Waals surface area contributed by atoms with Crippen LogP contribution < -0.4 is 5.32 Å². The summed E-state index contributed by atoms with van der Waals surface area (Å²) in [5.74, 6) is -4.20. The number of anilines is 1. The average Bonchev–Trinajstić information content (AvgIpc) is 2.84. The van der Waals surface area contributed by atoms with Crippen molar-refractivity contribution in [1.29, 1.82) is 0 Å². The van der Waals surface area contributed by atoms with E-state index >= 15 is 0 Å². The third kappa shape index (κ3) is 6.63. The third-order valence-electron chi connectivity index (χ3n) is 5.01. The Hall–Kier alpha value is -4.87. The standard InChI is InChI=1S/C25H23NO11/c1-13(27)34-19-12-20(36-22(24(31)33-3)21(19)35-14(2)28)37-25(32)26-18-11-7-6-9-16(18)15-8-4-5-10-17(15)23(29)30/h4-12,19,21-22H,1-3H3,(H,26,32)(H,29,30). The van der Waals surface area contributed by atoms with Crippen molar-refractivity contribution in [1.82, 2.24) is 0 Å². The zero-order valence-electron chi connectivity index (χ0n) is 20.0. The lowest BCUT2D eigenvalue weighted by Gasteiger charge is -2.33. The topological polar surface area (TPSA) is 164 Å². The van der Waals surface area contributed by atoms with Crippen LogP contribution in [0.15, 0.2) is 60.6 Å². The average molecular weight is 513 g/mol. The lowest BCUT2D eigenvalue weighted by atomic mass is 9.98. The van der Waals surface area contributed by atoms with Crippen molar-refractivity contribution in [3.8, 4) is 11.1 Å². The Kier molecular flexibility index (Phi) is 8.46. The lowest BCUT2D eigenvalue weighted by Crippen LogP contribution is -2.50. The molecule has 1 aliphatic heterocycles. The predicted octanol–water partition coefficient (Wildman–Crippen LogP) is 2.88. The maximum atomic E-state index is 12.7. The number of hydrogen-bond acceptors (Lipinski definition) is 10. The van der Waals surface area contributed by atoms with Crippen molar-refractivity contribution in [3.05, 3.63) is 66.1 Å². The number of carbonyl (C=O) groups excluding carboxylic acids is 4. The summed E-state index contributed by atoms with van der Waals surface area (Å²) < 4.78 is 25.5. The zero-order valence-corrected chi connectivity index (χ0v) is 20.0. The fraction of sp³-hybridized carbons (Fsp3) is 0.240. The molecule has 1 amide bonds. The van der Waals surface area contributed by atoms with Crippen LogP contribution in [0.2, 0.25) is 0 Å². The van der Waals surface area contributed by atoms with Crippen molar-refractivity contribution in [2.45, 2.75) is 32.2 Å². The molecule has 0 saturated heterocycles. The maximum Gasteiger partial charge on any atom is 0.419 e. The second kappa shape index (κ2) is 11.7. The molecule has 0 aromatic heterocycles. The SMILES string of the molecule is COC(=O)C1OC(OC(=O)Nc2ccccc2-c2ccccc2C(=O)O)=CC(OC(C)=O)C1OC(C)=O. The molecular formula is C25H23NO11. The number of aromatic carboxylic acids is 1. The van der Waals surface area contributed by atoms with Crippen LogP contribution in [0.1, 0.15) is 24.2 Å². The highest BCUT2D eigenvalue weighted by molar-refractivity contribution is 6.00. The van der Waals surface area contributed by atoms with E-state index in [0.717, 1.165) is 27.0 Å². The van der Waals surface area contributed by atoms with Crippen LogP contribution in [0.5, 0.6) is 0 Å². The van der Waals surface area contributed by atoms with Crippen LogP contribution in [0.3, 0.4) is 0 Å². The summed E-state index contributed by atoms with van der Waals surface area (Å²) >= 11 is 0. The van der Waals surface area contributed by atoms with Gasteiger partial charge in [0.1, 0.15) is 0 Å². The molecule has 2 aromatic carbocycles. The molecule has 2 aromatic rings. The number of rotatable bonds is 7. The summed E-state index contributed by atoms with van der Waals surface area (Å²) in [5.41, 5.74) is 0.988. The maximum absolute atomic E-state index is 12.7. The van der Waals surface area contributed by atoms with Crippen LogP contribution in [0.25, 0.3) is 11.1 Å². The number of benzene rings is 2. The summed E-state index contributed by atoms with van der Waals surface area (Å²) in [7, 11) is 1.06. The number of amides is 1.